The van der Waals surface area contributed by atoms with Crippen molar-refractivity contribution in [1.82, 2.24) is 9.88 Å². The first-order valence-electron chi connectivity index (χ1n) is 9.43. The summed E-state index contributed by atoms with van der Waals surface area (Å²) in [6.07, 6.45) is 2.66. The zero-order valence-electron chi connectivity index (χ0n) is 15.2. The Morgan fingerprint density at radius 3 is 2.64 bits per heavy atom. The molecule has 2 heterocycles. The molecular weight excluding hydrogens is 351 g/mol. The number of carbonyl (C=O) groups is 1. The molecule has 5 rings (SSSR count). The molecule has 1 unspecified atom stereocenters. The maximum Gasteiger partial charge on any atom is 0.256 e. The third-order valence-electron chi connectivity index (χ3n) is 5.55. The summed E-state index contributed by atoms with van der Waals surface area (Å²) < 4.78 is 13.5. The van der Waals surface area contributed by atoms with Crippen LogP contribution < -0.4 is 0 Å². The summed E-state index contributed by atoms with van der Waals surface area (Å²) in [6.45, 7) is 0.620. The number of aromatic nitrogens is 1. The van der Waals surface area contributed by atoms with Crippen LogP contribution in [0.5, 0.6) is 0 Å². The minimum Gasteiger partial charge on any atom is -0.361 e. The fourth-order valence-electron chi connectivity index (χ4n) is 4.21. The van der Waals surface area contributed by atoms with Gasteiger partial charge in [0.25, 0.3) is 5.91 Å². The van der Waals surface area contributed by atoms with Crippen molar-refractivity contribution < 1.29 is 9.18 Å². The average molecular weight is 370 g/mol. The van der Waals surface area contributed by atoms with Crippen molar-refractivity contribution in [3.63, 3.8) is 0 Å². The second-order valence-electron chi connectivity index (χ2n) is 7.15. The van der Waals surface area contributed by atoms with Gasteiger partial charge >= 0.3 is 0 Å². The quantitative estimate of drug-likeness (QED) is 0.524. The number of halogens is 1. The Labute approximate surface area is 162 Å². The summed E-state index contributed by atoms with van der Waals surface area (Å²) in [5.41, 5.74) is 4.77. The van der Waals surface area contributed by atoms with Gasteiger partial charge < -0.3 is 9.88 Å². The second kappa shape index (κ2) is 6.64. The first-order valence-corrected chi connectivity index (χ1v) is 9.43. The number of carbonyl (C=O) groups excluding carboxylic acids is 1. The number of fused-ring (bicyclic) bond motifs is 2. The van der Waals surface area contributed by atoms with Crippen LogP contribution in [0.3, 0.4) is 0 Å². The molecule has 4 aromatic rings. The molecular formula is C24H19FN2O. The van der Waals surface area contributed by atoms with Gasteiger partial charge in [-0.1, -0.05) is 48.5 Å². The molecule has 0 saturated heterocycles. The van der Waals surface area contributed by atoms with E-state index in [1.807, 2.05) is 47.5 Å². The normalized spacial score (nSPS) is 16.2. The fourth-order valence-corrected chi connectivity index (χ4v) is 4.21. The Hall–Kier alpha value is -3.40. The second-order valence-corrected chi connectivity index (χ2v) is 7.15. The van der Waals surface area contributed by atoms with E-state index in [-0.39, 0.29) is 17.8 Å². The number of nitrogens with zero attached hydrogens (tertiary/aromatic N) is 1. The standard InChI is InChI=1S/C24H19FN2O/c25-19-10-8-18(9-11-19)23-20-6-2-1-4-16(20)13-15-27(23)24(28)21-7-3-5-17-12-14-26-22(17)21/h1-12,14,23,26H,13,15H2. The maximum atomic E-state index is 13.6. The van der Waals surface area contributed by atoms with Crippen molar-refractivity contribution in [2.24, 2.45) is 0 Å². The molecule has 1 atom stereocenters. The molecule has 1 aliphatic heterocycles. The van der Waals surface area contributed by atoms with Gasteiger partial charge in [-0.3, -0.25) is 4.79 Å². The van der Waals surface area contributed by atoms with Crippen molar-refractivity contribution in [3.8, 4) is 0 Å². The Balaban J connectivity index is 1.64. The number of rotatable bonds is 2. The molecule has 0 fully saturated rings. The maximum absolute atomic E-state index is 13.6. The van der Waals surface area contributed by atoms with Crippen LogP contribution in [0, 0.1) is 5.82 Å². The van der Waals surface area contributed by atoms with Gasteiger partial charge in [-0.05, 0) is 47.4 Å². The van der Waals surface area contributed by atoms with Crippen LogP contribution in [-0.2, 0) is 6.42 Å². The van der Waals surface area contributed by atoms with Gasteiger partial charge in [0, 0.05) is 18.1 Å². The number of hydrogen-bond acceptors (Lipinski definition) is 1. The summed E-state index contributed by atoms with van der Waals surface area (Å²) in [5.74, 6) is -0.293. The van der Waals surface area contributed by atoms with Gasteiger partial charge in [0.15, 0.2) is 0 Å². The highest BCUT2D eigenvalue weighted by Gasteiger charge is 2.33. The molecule has 0 spiro atoms. The minimum atomic E-state index is -0.276. The molecule has 1 amide bonds. The first-order chi connectivity index (χ1) is 13.7. The van der Waals surface area contributed by atoms with Crippen LogP contribution in [0.15, 0.2) is 79.0 Å². The molecule has 0 bridgehead atoms. The number of nitrogens with one attached hydrogen (secondary N) is 1. The van der Waals surface area contributed by atoms with E-state index >= 15 is 0 Å². The highest BCUT2D eigenvalue weighted by atomic mass is 19.1. The van der Waals surface area contributed by atoms with E-state index < -0.39 is 0 Å². The van der Waals surface area contributed by atoms with Crippen LogP contribution in [0.2, 0.25) is 0 Å². The van der Waals surface area contributed by atoms with E-state index in [1.54, 1.807) is 12.1 Å². The van der Waals surface area contributed by atoms with Crippen molar-refractivity contribution in [2.45, 2.75) is 12.5 Å². The summed E-state index contributed by atoms with van der Waals surface area (Å²) in [6, 6.07) is 22.2. The Bertz CT molecular complexity index is 1160. The van der Waals surface area contributed by atoms with Crippen LogP contribution >= 0.6 is 0 Å². The number of amides is 1. The van der Waals surface area contributed by atoms with Gasteiger partial charge in [0.05, 0.1) is 17.1 Å². The minimum absolute atomic E-state index is 0.0168. The lowest BCUT2D eigenvalue weighted by Gasteiger charge is -2.38. The molecule has 0 radical (unpaired) electrons. The van der Waals surface area contributed by atoms with Crippen molar-refractivity contribution in [1.29, 1.82) is 0 Å². The van der Waals surface area contributed by atoms with E-state index in [9.17, 15) is 9.18 Å². The van der Waals surface area contributed by atoms with E-state index in [2.05, 4.69) is 17.1 Å². The van der Waals surface area contributed by atoms with Crippen LogP contribution in [-0.4, -0.2) is 22.3 Å². The van der Waals surface area contributed by atoms with Gasteiger partial charge in [-0.2, -0.15) is 0 Å². The van der Waals surface area contributed by atoms with Crippen LogP contribution in [0.1, 0.15) is 33.1 Å². The molecule has 1 aliphatic rings. The number of H-pyrrole nitrogens is 1. The van der Waals surface area contributed by atoms with Gasteiger partial charge in [-0.15, -0.1) is 0 Å². The summed E-state index contributed by atoms with van der Waals surface area (Å²) in [4.78, 5) is 18.7. The SMILES string of the molecule is O=C(c1cccc2cc[nH]c12)N1CCc2ccccc2C1c1ccc(F)cc1. The molecule has 4 heteroatoms. The first kappa shape index (κ1) is 16.8. The van der Waals surface area contributed by atoms with Crippen molar-refractivity contribution in [3.05, 3.63) is 107 Å². The zero-order valence-corrected chi connectivity index (χ0v) is 15.2. The third kappa shape index (κ3) is 2.69. The van der Waals surface area contributed by atoms with Crippen molar-refractivity contribution in [2.75, 3.05) is 6.54 Å². The number of hydrogen-bond donors (Lipinski definition) is 1. The van der Waals surface area contributed by atoms with E-state index in [0.717, 1.165) is 28.5 Å². The summed E-state index contributed by atoms with van der Waals surface area (Å²) in [7, 11) is 0. The van der Waals surface area contributed by atoms with Crippen LogP contribution in [0.4, 0.5) is 4.39 Å². The van der Waals surface area contributed by atoms with Crippen molar-refractivity contribution >= 4 is 16.8 Å². The molecule has 138 valence electrons. The Morgan fingerprint density at radius 1 is 0.964 bits per heavy atom. The number of para-hydroxylation sites is 1. The summed E-state index contributed by atoms with van der Waals surface area (Å²) >= 11 is 0. The predicted molar refractivity (Wildman–Crippen MR) is 108 cm³/mol. The largest absolute Gasteiger partial charge is 0.361 e. The van der Waals surface area contributed by atoms with E-state index in [4.69, 9.17) is 0 Å². The monoisotopic (exact) mass is 370 g/mol. The molecule has 0 saturated carbocycles. The topological polar surface area (TPSA) is 36.1 Å². The van der Waals surface area contributed by atoms with Gasteiger partial charge in [-0.25, -0.2) is 4.39 Å². The highest BCUT2D eigenvalue weighted by Crippen LogP contribution is 2.36. The predicted octanol–water partition coefficient (Wildman–Crippen LogP) is 5.09. The number of benzene rings is 3. The molecule has 0 aliphatic carbocycles. The molecule has 1 N–H and O–H groups in total. The molecule has 1 aromatic heterocycles. The summed E-state index contributed by atoms with van der Waals surface area (Å²) in [5, 5.41) is 1.02. The van der Waals surface area contributed by atoms with E-state index in [0.29, 0.717) is 12.1 Å². The number of aromatic amines is 1. The van der Waals surface area contributed by atoms with Gasteiger partial charge in [0.1, 0.15) is 5.82 Å². The zero-order chi connectivity index (χ0) is 19.1. The lowest BCUT2D eigenvalue weighted by atomic mass is 9.87. The lowest BCUT2D eigenvalue weighted by molar-refractivity contribution is 0.0696. The smallest absolute Gasteiger partial charge is 0.256 e. The average Bonchev–Trinajstić information content (AvgIpc) is 3.22. The van der Waals surface area contributed by atoms with E-state index in [1.165, 1.54) is 17.7 Å². The Kier molecular flexibility index (Phi) is 3.97. The van der Waals surface area contributed by atoms with Crippen LogP contribution in [0.25, 0.3) is 10.9 Å². The molecule has 28 heavy (non-hydrogen) atoms. The fraction of sp³-hybridized carbons (Fsp3) is 0.125. The Morgan fingerprint density at radius 2 is 1.79 bits per heavy atom. The molecule has 3 nitrogen and oxygen atoms in total. The molecule has 3 aromatic carbocycles. The highest BCUT2D eigenvalue weighted by molar-refractivity contribution is 6.06. The lowest BCUT2D eigenvalue weighted by Crippen LogP contribution is -2.40. The third-order valence-corrected chi connectivity index (χ3v) is 5.55. The van der Waals surface area contributed by atoms with Gasteiger partial charge in [0.2, 0.25) is 0 Å².